The molecule has 3 aliphatic carbocycles. The SMILES string of the molecule is CC[C@H]1CC23C4CCCC4(C)CCS2(C)C32CCCCC12. The molecule has 120 valence electrons. The average Bonchev–Trinajstić information content (AvgIpc) is 2.84. The molecule has 0 bridgehead atoms. The molecule has 3 saturated carbocycles. The third kappa shape index (κ3) is 1.18. The molecule has 0 aromatic carbocycles. The highest BCUT2D eigenvalue weighted by atomic mass is 32.3. The normalized spacial score (nSPS) is 67.5. The Morgan fingerprint density at radius 3 is 2.67 bits per heavy atom. The Kier molecular flexibility index (Phi) is 2.54. The van der Waals surface area contributed by atoms with Crippen LogP contribution in [0.25, 0.3) is 0 Å². The minimum absolute atomic E-state index is 0.277. The van der Waals surface area contributed by atoms with Crippen LogP contribution in [0.2, 0.25) is 0 Å². The van der Waals surface area contributed by atoms with Crippen molar-refractivity contribution in [1.29, 1.82) is 0 Å². The van der Waals surface area contributed by atoms with Crippen LogP contribution in [-0.4, -0.2) is 21.5 Å². The second kappa shape index (κ2) is 3.87. The number of hydrogen-bond donors (Lipinski definition) is 0. The lowest BCUT2D eigenvalue weighted by Crippen LogP contribution is -2.41. The largest absolute Gasteiger partial charge is 0.229 e. The zero-order valence-electron chi connectivity index (χ0n) is 14.4. The second-order valence-corrected chi connectivity index (χ2v) is 13.7. The van der Waals surface area contributed by atoms with Crippen LogP contribution in [0.1, 0.15) is 78.1 Å². The molecule has 0 N–H and O–H groups in total. The number of fused-ring (bicyclic) bond motifs is 1. The van der Waals surface area contributed by atoms with E-state index < -0.39 is 0 Å². The van der Waals surface area contributed by atoms with Crippen molar-refractivity contribution in [2.24, 2.45) is 23.2 Å². The van der Waals surface area contributed by atoms with Crippen LogP contribution in [0.4, 0.5) is 0 Å². The van der Waals surface area contributed by atoms with Crippen molar-refractivity contribution in [3.8, 4) is 0 Å². The molecule has 6 unspecified atom stereocenters. The molecule has 0 aromatic rings. The van der Waals surface area contributed by atoms with Crippen LogP contribution in [0.3, 0.4) is 0 Å². The molecule has 21 heavy (non-hydrogen) atoms. The van der Waals surface area contributed by atoms with Gasteiger partial charge in [0.2, 0.25) is 0 Å². The molecule has 0 aromatic heterocycles. The van der Waals surface area contributed by atoms with Gasteiger partial charge in [-0.1, -0.05) is 39.5 Å². The Morgan fingerprint density at radius 2 is 1.86 bits per heavy atom. The van der Waals surface area contributed by atoms with Gasteiger partial charge in [-0.25, -0.2) is 10.0 Å². The fraction of sp³-hybridized carbons (Fsp3) is 1.00. The average molecular weight is 307 g/mol. The fourth-order valence-corrected chi connectivity index (χ4v) is 16.2. The fourth-order valence-electron chi connectivity index (χ4n) is 8.89. The summed E-state index contributed by atoms with van der Waals surface area (Å²) < 4.78 is 1.78. The molecular weight excluding hydrogens is 272 g/mol. The lowest BCUT2D eigenvalue weighted by Gasteiger charge is -2.48. The van der Waals surface area contributed by atoms with E-state index in [1.54, 1.807) is 63.5 Å². The first-order valence-corrected chi connectivity index (χ1v) is 12.0. The predicted molar refractivity (Wildman–Crippen MR) is 94.3 cm³/mol. The topological polar surface area (TPSA) is 0 Å². The van der Waals surface area contributed by atoms with Gasteiger partial charge in [0, 0.05) is 9.49 Å². The minimum atomic E-state index is -0.277. The molecule has 5 rings (SSSR count). The van der Waals surface area contributed by atoms with Gasteiger partial charge in [0.1, 0.15) is 0 Å². The lowest BCUT2D eigenvalue weighted by molar-refractivity contribution is 0.162. The highest BCUT2D eigenvalue weighted by Gasteiger charge is 2.90. The van der Waals surface area contributed by atoms with Gasteiger partial charge in [-0.2, -0.15) is 0 Å². The van der Waals surface area contributed by atoms with Crippen molar-refractivity contribution in [3.63, 3.8) is 0 Å². The van der Waals surface area contributed by atoms with Crippen LogP contribution in [0.5, 0.6) is 0 Å². The van der Waals surface area contributed by atoms with E-state index in [1.807, 2.05) is 0 Å². The van der Waals surface area contributed by atoms with Gasteiger partial charge in [-0.15, -0.1) is 0 Å². The molecule has 5 aliphatic rings. The zero-order chi connectivity index (χ0) is 14.5. The van der Waals surface area contributed by atoms with E-state index in [-0.39, 0.29) is 10.0 Å². The monoisotopic (exact) mass is 306 g/mol. The standard InChI is InChI=1S/C20H34S/c1-4-15-14-20-17-9-7-10-18(17,2)12-13-21(20,3)19(20)11-6-5-8-16(15)19/h15-17H,4-14H2,1-3H3/t15-,16?,17?,18?,19?,20?/m0/s1. The Balaban J connectivity index is 1.66. The summed E-state index contributed by atoms with van der Waals surface area (Å²) in [6, 6.07) is 0. The molecule has 0 amide bonds. The van der Waals surface area contributed by atoms with Crippen LogP contribution in [-0.2, 0) is 0 Å². The maximum Gasteiger partial charge on any atom is 0.0177 e. The van der Waals surface area contributed by atoms with E-state index >= 15 is 0 Å². The molecule has 1 heteroatoms. The third-order valence-corrected chi connectivity index (χ3v) is 15.3. The Labute approximate surface area is 133 Å². The van der Waals surface area contributed by atoms with Gasteiger partial charge in [-0.05, 0) is 73.7 Å². The molecule has 2 saturated heterocycles. The van der Waals surface area contributed by atoms with E-state index in [0.717, 1.165) is 32.7 Å². The Morgan fingerprint density at radius 1 is 1.00 bits per heavy atom. The minimum Gasteiger partial charge on any atom is -0.229 e. The summed E-state index contributed by atoms with van der Waals surface area (Å²) in [6.45, 7) is 5.19. The molecule has 5 fully saturated rings. The Hall–Kier alpha value is 0.350. The maximum absolute atomic E-state index is 2.84. The summed E-state index contributed by atoms with van der Waals surface area (Å²) in [4.78, 5) is 0. The Bertz CT molecular complexity index is 486. The van der Waals surface area contributed by atoms with Crippen LogP contribution >= 0.6 is 10.0 Å². The van der Waals surface area contributed by atoms with Crippen LogP contribution in [0, 0.1) is 23.2 Å². The van der Waals surface area contributed by atoms with E-state index in [9.17, 15) is 0 Å². The highest BCUT2D eigenvalue weighted by molar-refractivity contribution is 8.41. The summed E-state index contributed by atoms with van der Waals surface area (Å²) in [5.74, 6) is 5.05. The maximum atomic E-state index is 2.84. The van der Waals surface area contributed by atoms with Crippen LogP contribution in [0.15, 0.2) is 0 Å². The van der Waals surface area contributed by atoms with Crippen molar-refractivity contribution in [1.82, 2.24) is 0 Å². The molecule has 2 aliphatic heterocycles. The van der Waals surface area contributed by atoms with Gasteiger partial charge in [-0.3, -0.25) is 0 Å². The summed E-state index contributed by atoms with van der Waals surface area (Å²) in [5, 5.41) is 0. The summed E-state index contributed by atoms with van der Waals surface area (Å²) >= 11 is 0. The van der Waals surface area contributed by atoms with Gasteiger partial charge >= 0.3 is 0 Å². The van der Waals surface area contributed by atoms with E-state index in [0.29, 0.717) is 0 Å². The molecule has 2 spiro atoms. The second-order valence-electron chi connectivity index (χ2n) is 9.64. The lowest BCUT2D eigenvalue weighted by atomic mass is 9.65. The van der Waals surface area contributed by atoms with Crippen molar-refractivity contribution in [2.45, 2.75) is 87.5 Å². The molecular formula is C20H34S. The van der Waals surface area contributed by atoms with E-state index in [4.69, 9.17) is 0 Å². The summed E-state index contributed by atoms with van der Waals surface area (Å²) in [6.07, 6.45) is 18.7. The van der Waals surface area contributed by atoms with Crippen molar-refractivity contribution >= 4 is 10.0 Å². The molecule has 0 radical (unpaired) electrons. The predicted octanol–water partition coefficient (Wildman–Crippen LogP) is 5.74. The number of hydrogen-bond acceptors (Lipinski definition) is 0. The molecule has 2 heterocycles. The van der Waals surface area contributed by atoms with E-state index in [2.05, 4.69) is 20.1 Å². The summed E-state index contributed by atoms with van der Waals surface area (Å²) in [5.41, 5.74) is 0.751. The highest BCUT2D eigenvalue weighted by Crippen LogP contribution is 3.01. The first-order valence-electron chi connectivity index (χ1n) is 9.81. The molecule has 0 nitrogen and oxygen atoms in total. The third-order valence-electron chi connectivity index (χ3n) is 9.58. The van der Waals surface area contributed by atoms with Gasteiger partial charge < -0.3 is 0 Å². The smallest absolute Gasteiger partial charge is 0.0177 e. The first kappa shape index (κ1) is 13.8. The van der Waals surface area contributed by atoms with Crippen molar-refractivity contribution < 1.29 is 0 Å². The van der Waals surface area contributed by atoms with Crippen LogP contribution < -0.4 is 0 Å². The zero-order valence-corrected chi connectivity index (χ0v) is 15.2. The van der Waals surface area contributed by atoms with Gasteiger partial charge in [0.05, 0.1) is 0 Å². The molecule has 7 atom stereocenters. The summed E-state index contributed by atoms with van der Waals surface area (Å²) in [7, 11) is -0.277. The van der Waals surface area contributed by atoms with Crippen molar-refractivity contribution in [3.05, 3.63) is 0 Å². The van der Waals surface area contributed by atoms with Gasteiger partial charge in [0.15, 0.2) is 0 Å². The first-order chi connectivity index (χ1) is 10.1. The van der Waals surface area contributed by atoms with Crippen molar-refractivity contribution in [2.75, 3.05) is 12.0 Å². The van der Waals surface area contributed by atoms with Gasteiger partial charge in [0.25, 0.3) is 0 Å². The number of rotatable bonds is 1. The quantitative estimate of drug-likeness (QED) is 0.542. The van der Waals surface area contributed by atoms with E-state index in [1.165, 1.54) is 6.42 Å².